The predicted molar refractivity (Wildman–Crippen MR) is 65.0 cm³/mol. The fraction of sp³-hybridized carbons (Fsp3) is 0.333. The van der Waals surface area contributed by atoms with Crippen molar-refractivity contribution in [1.82, 2.24) is 4.72 Å². The minimum Gasteiger partial charge on any atom is -0.398 e. The molecule has 5 nitrogen and oxygen atoms in total. The molecule has 0 radical (unpaired) electrons. The van der Waals surface area contributed by atoms with E-state index in [0.717, 1.165) is 0 Å². The van der Waals surface area contributed by atoms with E-state index in [2.05, 4.69) is 4.72 Å². The second kappa shape index (κ2) is 5.42. The van der Waals surface area contributed by atoms with Crippen molar-refractivity contribution in [3.05, 3.63) is 24.3 Å². The van der Waals surface area contributed by atoms with Crippen LogP contribution >= 0.6 is 0 Å². The van der Waals surface area contributed by atoms with Gasteiger partial charge in [-0.1, -0.05) is 12.1 Å². The number of anilines is 1. The fourth-order valence-corrected chi connectivity index (χ4v) is 2.80. The Labute approximate surface area is 97.6 Å². The Morgan fingerprint density at radius 2 is 2.00 bits per heavy atom. The summed E-state index contributed by atoms with van der Waals surface area (Å²) in [6.45, 7) is 0.139. The Hall–Kier alpha value is -0.920. The van der Waals surface area contributed by atoms with Gasteiger partial charge >= 0.3 is 0 Å². The van der Waals surface area contributed by atoms with Crippen molar-refractivity contribution in [2.24, 2.45) is 0 Å². The lowest BCUT2D eigenvalue weighted by Gasteiger charge is -2.07. The highest BCUT2D eigenvalue weighted by molar-refractivity contribution is 7.89. The standard InChI is InChI=1S/C9H14N2O3S2/c1-15(12)7-6-11-16(13,14)9-5-3-2-4-8(9)10/h2-5,11H,6-7,10H2,1H3. The molecule has 0 spiro atoms. The summed E-state index contributed by atoms with van der Waals surface area (Å²) in [7, 11) is -4.62. The van der Waals surface area contributed by atoms with Crippen LogP contribution in [-0.2, 0) is 20.8 Å². The van der Waals surface area contributed by atoms with Crippen LogP contribution in [0, 0.1) is 0 Å². The zero-order valence-electron chi connectivity index (χ0n) is 8.84. The molecule has 3 N–H and O–H groups in total. The molecule has 0 heterocycles. The van der Waals surface area contributed by atoms with Gasteiger partial charge in [-0.3, -0.25) is 4.21 Å². The van der Waals surface area contributed by atoms with Crippen molar-refractivity contribution < 1.29 is 12.6 Å². The highest BCUT2D eigenvalue weighted by atomic mass is 32.2. The van der Waals surface area contributed by atoms with E-state index in [1.807, 2.05) is 0 Å². The summed E-state index contributed by atoms with van der Waals surface area (Å²) in [5.74, 6) is 0.284. The first-order valence-corrected chi connectivity index (χ1v) is 7.79. The second-order valence-electron chi connectivity index (χ2n) is 3.21. The first-order chi connectivity index (χ1) is 7.43. The van der Waals surface area contributed by atoms with Crippen LogP contribution < -0.4 is 10.5 Å². The third-order valence-electron chi connectivity index (χ3n) is 1.89. The van der Waals surface area contributed by atoms with Crippen LogP contribution in [0.25, 0.3) is 0 Å². The van der Waals surface area contributed by atoms with Gasteiger partial charge in [0.2, 0.25) is 10.0 Å². The van der Waals surface area contributed by atoms with Crippen molar-refractivity contribution in [3.8, 4) is 0 Å². The number of hydrogen-bond acceptors (Lipinski definition) is 4. The minimum absolute atomic E-state index is 0.0527. The van der Waals surface area contributed by atoms with E-state index in [1.54, 1.807) is 12.1 Å². The molecule has 0 saturated heterocycles. The number of sulfonamides is 1. The van der Waals surface area contributed by atoms with Gasteiger partial charge in [0.1, 0.15) is 4.90 Å². The van der Waals surface area contributed by atoms with Crippen LogP contribution in [0.4, 0.5) is 5.69 Å². The number of hydrogen-bond donors (Lipinski definition) is 2. The van der Waals surface area contributed by atoms with E-state index in [4.69, 9.17) is 5.73 Å². The number of nitrogen functional groups attached to an aromatic ring is 1. The highest BCUT2D eigenvalue weighted by Crippen LogP contribution is 2.16. The molecule has 0 amide bonds. The maximum Gasteiger partial charge on any atom is 0.242 e. The smallest absolute Gasteiger partial charge is 0.242 e. The molecule has 0 saturated carbocycles. The molecule has 90 valence electrons. The first kappa shape index (κ1) is 13.1. The molecule has 1 aromatic rings. The third-order valence-corrected chi connectivity index (χ3v) is 4.20. The number of benzene rings is 1. The normalized spacial score (nSPS) is 13.6. The molecule has 0 aliphatic carbocycles. The summed E-state index contributed by atoms with van der Waals surface area (Å²) in [4.78, 5) is 0.0527. The van der Waals surface area contributed by atoms with Gasteiger partial charge in [0.05, 0.1) is 5.69 Å². The van der Waals surface area contributed by atoms with Crippen LogP contribution in [0.15, 0.2) is 29.2 Å². The highest BCUT2D eigenvalue weighted by Gasteiger charge is 2.15. The van der Waals surface area contributed by atoms with E-state index in [-0.39, 0.29) is 22.9 Å². The van der Waals surface area contributed by atoms with Gasteiger partial charge in [0.15, 0.2) is 0 Å². The van der Waals surface area contributed by atoms with Crippen LogP contribution in [0.1, 0.15) is 0 Å². The molecule has 1 atom stereocenters. The molecule has 0 aliphatic heterocycles. The van der Waals surface area contributed by atoms with E-state index < -0.39 is 20.8 Å². The summed E-state index contributed by atoms with van der Waals surface area (Å²) >= 11 is 0. The van der Waals surface area contributed by atoms with Gasteiger partial charge < -0.3 is 5.73 Å². The molecule has 0 aliphatic rings. The molecular formula is C9H14N2O3S2. The summed E-state index contributed by atoms with van der Waals surface area (Å²) in [6, 6.07) is 6.21. The van der Waals surface area contributed by atoms with Crippen LogP contribution in [0.5, 0.6) is 0 Å². The number of para-hydroxylation sites is 1. The Kier molecular flexibility index (Phi) is 4.45. The average Bonchev–Trinajstić information content (AvgIpc) is 2.17. The second-order valence-corrected chi connectivity index (χ2v) is 6.50. The lowest BCUT2D eigenvalue weighted by atomic mass is 10.3. The monoisotopic (exact) mass is 262 g/mol. The summed E-state index contributed by atoms with van der Waals surface area (Å²) < 4.78 is 36.6. The van der Waals surface area contributed by atoms with Gasteiger partial charge in [-0.25, -0.2) is 13.1 Å². The van der Waals surface area contributed by atoms with E-state index in [9.17, 15) is 12.6 Å². The van der Waals surface area contributed by atoms with Crippen LogP contribution in [-0.4, -0.2) is 31.2 Å². The summed E-state index contributed by atoms with van der Waals surface area (Å²) in [5.41, 5.74) is 5.76. The van der Waals surface area contributed by atoms with Crippen molar-refractivity contribution in [3.63, 3.8) is 0 Å². The number of rotatable bonds is 5. The van der Waals surface area contributed by atoms with E-state index in [1.165, 1.54) is 18.4 Å². The summed E-state index contributed by atoms with van der Waals surface area (Å²) in [5, 5.41) is 0. The SMILES string of the molecule is CS(=O)CCNS(=O)(=O)c1ccccc1N. The third kappa shape index (κ3) is 3.58. The van der Waals surface area contributed by atoms with Crippen molar-refractivity contribution in [1.29, 1.82) is 0 Å². The topological polar surface area (TPSA) is 89.3 Å². The van der Waals surface area contributed by atoms with Gasteiger partial charge in [-0.05, 0) is 12.1 Å². The van der Waals surface area contributed by atoms with Gasteiger partial charge in [0, 0.05) is 29.4 Å². The molecule has 16 heavy (non-hydrogen) atoms. The lowest BCUT2D eigenvalue weighted by molar-refractivity contribution is 0.584. The average molecular weight is 262 g/mol. The van der Waals surface area contributed by atoms with Gasteiger partial charge in [0.25, 0.3) is 0 Å². The minimum atomic E-state index is -3.60. The Bertz CT molecular complexity index is 485. The Morgan fingerprint density at radius 3 is 2.56 bits per heavy atom. The Morgan fingerprint density at radius 1 is 1.38 bits per heavy atom. The zero-order chi connectivity index (χ0) is 12.2. The molecule has 7 heteroatoms. The number of nitrogens with two attached hydrogens (primary N) is 1. The van der Waals surface area contributed by atoms with Crippen LogP contribution in [0.3, 0.4) is 0 Å². The Balaban J connectivity index is 2.79. The van der Waals surface area contributed by atoms with E-state index in [0.29, 0.717) is 0 Å². The quantitative estimate of drug-likeness (QED) is 0.727. The largest absolute Gasteiger partial charge is 0.398 e. The molecule has 0 bridgehead atoms. The summed E-state index contributed by atoms with van der Waals surface area (Å²) in [6.07, 6.45) is 1.52. The fourth-order valence-electron chi connectivity index (χ4n) is 1.12. The predicted octanol–water partition coefficient (Wildman–Crippen LogP) is -0.0744. The van der Waals surface area contributed by atoms with Crippen molar-refractivity contribution in [2.75, 3.05) is 24.3 Å². The molecule has 1 unspecified atom stereocenters. The maximum atomic E-state index is 11.7. The number of nitrogens with one attached hydrogen (secondary N) is 1. The molecule has 1 aromatic carbocycles. The van der Waals surface area contributed by atoms with Gasteiger partial charge in [-0.15, -0.1) is 0 Å². The van der Waals surface area contributed by atoms with Gasteiger partial charge in [-0.2, -0.15) is 0 Å². The van der Waals surface area contributed by atoms with Crippen molar-refractivity contribution >= 4 is 26.5 Å². The maximum absolute atomic E-state index is 11.7. The molecule has 0 aromatic heterocycles. The lowest BCUT2D eigenvalue weighted by Crippen LogP contribution is -2.28. The van der Waals surface area contributed by atoms with E-state index >= 15 is 0 Å². The van der Waals surface area contributed by atoms with Crippen LogP contribution in [0.2, 0.25) is 0 Å². The van der Waals surface area contributed by atoms with Crippen molar-refractivity contribution in [2.45, 2.75) is 4.90 Å². The molecular weight excluding hydrogens is 248 g/mol. The molecule has 1 rings (SSSR count). The molecule has 0 fully saturated rings. The first-order valence-electron chi connectivity index (χ1n) is 4.57. The zero-order valence-corrected chi connectivity index (χ0v) is 10.5.